The van der Waals surface area contributed by atoms with Gasteiger partial charge in [0.25, 0.3) is 0 Å². The summed E-state index contributed by atoms with van der Waals surface area (Å²) in [6.07, 6.45) is 5.10. The predicted molar refractivity (Wildman–Crippen MR) is 58.3 cm³/mol. The number of aliphatic hydroxyl groups is 1. The zero-order chi connectivity index (χ0) is 10.7. The highest BCUT2D eigenvalue weighted by molar-refractivity contribution is 4.98. The number of H-pyrrole nitrogens is 1. The first-order valence-electron chi connectivity index (χ1n) is 5.68. The smallest absolute Gasteiger partial charge is 0.0667 e. The molecule has 2 unspecified atom stereocenters. The summed E-state index contributed by atoms with van der Waals surface area (Å²) in [5, 5.41) is 16.6. The van der Waals surface area contributed by atoms with Crippen LogP contribution in [0.5, 0.6) is 0 Å². The molecular formula is C11H19N3O. The summed E-state index contributed by atoms with van der Waals surface area (Å²) in [6.45, 7) is 3.83. The first-order valence-corrected chi connectivity index (χ1v) is 5.68. The Morgan fingerprint density at radius 3 is 3.20 bits per heavy atom. The maximum atomic E-state index is 9.71. The van der Waals surface area contributed by atoms with E-state index in [2.05, 4.69) is 15.1 Å². The normalized spacial score (nSPS) is 25.3. The number of aromatic amines is 1. The van der Waals surface area contributed by atoms with Crippen LogP contribution >= 0.6 is 0 Å². The number of aliphatic hydroxyl groups excluding tert-OH is 1. The summed E-state index contributed by atoms with van der Waals surface area (Å²) in [5.41, 5.74) is 1.13. The Morgan fingerprint density at radius 1 is 1.67 bits per heavy atom. The molecule has 1 aliphatic rings. The summed E-state index contributed by atoms with van der Waals surface area (Å²) in [4.78, 5) is 2.35. The monoisotopic (exact) mass is 209 g/mol. The third kappa shape index (κ3) is 2.58. The predicted octanol–water partition coefficient (Wildman–Crippen LogP) is 1.14. The Kier molecular flexibility index (Phi) is 3.38. The van der Waals surface area contributed by atoms with Crippen molar-refractivity contribution in [3.63, 3.8) is 0 Å². The van der Waals surface area contributed by atoms with Crippen LogP contribution < -0.4 is 0 Å². The summed E-state index contributed by atoms with van der Waals surface area (Å²) < 4.78 is 0. The number of nitrogens with one attached hydrogen (secondary N) is 1. The highest BCUT2D eigenvalue weighted by Gasteiger charge is 2.26. The second-order valence-electron chi connectivity index (χ2n) is 4.36. The SMILES string of the molecule is CC(O)C1CCCCN1Cc1ccn[nH]1. The van der Waals surface area contributed by atoms with Crippen LogP contribution in [0.3, 0.4) is 0 Å². The molecule has 0 saturated carbocycles. The minimum Gasteiger partial charge on any atom is -0.392 e. The fourth-order valence-electron chi connectivity index (χ4n) is 2.35. The Morgan fingerprint density at radius 2 is 2.53 bits per heavy atom. The molecule has 15 heavy (non-hydrogen) atoms. The van der Waals surface area contributed by atoms with E-state index in [0.717, 1.165) is 25.2 Å². The van der Waals surface area contributed by atoms with E-state index in [1.54, 1.807) is 6.20 Å². The van der Waals surface area contributed by atoms with E-state index in [-0.39, 0.29) is 6.10 Å². The van der Waals surface area contributed by atoms with Gasteiger partial charge in [-0.15, -0.1) is 0 Å². The molecule has 84 valence electrons. The van der Waals surface area contributed by atoms with Gasteiger partial charge in [-0.3, -0.25) is 10.00 Å². The van der Waals surface area contributed by atoms with Crippen LogP contribution in [0.25, 0.3) is 0 Å². The average Bonchev–Trinajstić information content (AvgIpc) is 2.71. The molecule has 1 aromatic heterocycles. The zero-order valence-corrected chi connectivity index (χ0v) is 9.19. The third-order valence-corrected chi connectivity index (χ3v) is 3.15. The quantitative estimate of drug-likeness (QED) is 0.785. The molecule has 2 N–H and O–H groups in total. The van der Waals surface area contributed by atoms with E-state index in [1.165, 1.54) is 12.8 Å². The van der Waals surface area contributed by atoms with Gasteiger partial charge in [-0.1, -0.05) is 6.42 Å². The van der Waals surface area contributed by atoms with Crippen LogP contribution in [-0.2, 0) is 6.54 Å². The molecule has 2 heterocycles. The minimum atomic E-state index is -0.242. The van der Waals surface area contributed by atoms with Crippen molar-refractivity contribution in [2.24, 2.45) is 0 Å². The molecule has 1 fully saturated rings. The fourth-order valence-corrected chi connectivity index (χ4v) is 2.35. The Bertz CT molecular complexity index is 284. The molecule has 4 heteroatoms. The van der Waals surface area contributed by atoms with E-state index < -0.39 is 0 Å². The molecule has 0 radical (unpaired) electrons. The molecule has 2 atom stereocenters. The van der Waals surface area contributed by atoms with Gasteiger partial charge in [0, 0.05) is 24.5 Å². The number of hydrogen-bond acceptors (Lipinski definition) is 3. The van der Waals surface area contributed by atoms with Crippen molar-refractivity contribution in [1.82, 2.24) is 15.1 Å². The first-order chi connectivity index (χ1) is 7.27. The van der Waals surface area contributed by atoms with Crippen molar-refractivity contribution in [1.29, 1.82) is 0 Å². The molecular weight excluding hydrogens is 190 g/mol. The number of piperidine rings is 1. The van der Waals surface area contributed by atoms with Crippen LogP contribution in [0.2, 0.25) is 0 Å². The number of likely N-dealkylation sites (tertiary alicyclic amines) is 1. The summed E-state index contributed by atoms with van der Waals surface area (Å²) in [7, 11) is 0. The zero-order valence-electron chi connectivity index (χ0n) is 9.19. The molecule has 1 aliphatic heterocycles. The maximum absolute atomic E-state index is 9.71. The van der Waals surface area contributed by atoms with Gasteiger partial charge in [-0.25, -0.2) is 0 Å². The average molecular weight is 209 g/mol. The number of rotatable bonds is 3. The van der Waals surface area contributed by atoms with E-state index in [4.69, 9.17) is 0 Å². The molecule has 4 nitrogen and oxygen atoms in total. The number of aromatic nitrogens is 2. The molecule has 0 aromatic carbocycles. The molecule has 0 bridgehead atoms. The summed E-state index contributed by atoms with van der Waals surface area (Å²) in [5.74, 6) is 0. The second kappa shape index (κ2) is 4.77. The first kappa shape index (κ1) is 10.6. The molecule has 0 amide bonds. The van der Waals surface area contributed by atoms with Gasteiger partial charge in [0.2, 0.25) is 0 Å². The van der Waals surface area contributed by atoms with Gasteiger partial charge in [-0.05, 0) is 32.4 Å². The number of hydrogen-bond donors (Lipinski definition) is 2. The Balaban J connectivity index is 1.99. The molecule has 1 aromatic rings. The van der Waals surface area contributed by atoms with Crippen molar-refractivity contribution < 1.29 is 5.11 Å². The topological polar surface area (TPSA) is 52.1 Å². The standard InChI is InChI=1S/C11H19N3O/c1-9(15)11-4-2-3-7-14(11)8-10-5-6-12-13-10/h5-6,9,11,15H,2-4,7-8H2,1H3,(H,12,13). The largest absolute Gasteiger partial charge is 0.392 e. The van der Waals surface area contributed by atoms with Crippen molar-refractivity contribution in [3.05, 3.63) is 18.0 Å². The van der Waals surface area contributed by atoms with Crippen molar-refractivity contribution in [2.75, 3.05) is 6.54 Å². The van der Waals surface area contributed by atoms with Crippen LogP contribution in [0.15, 0.2) is 12.3 Å². The lowest BCUT2D eigenvalue weighted by molar-refractivity contribution is 0.0310. The highest BCUT2D eigenvalue weighted by Crippen LogP contribution is 2.21. The van der Waals surface area contributed by atoms with Gasteiger partial charge in [0.15, 0.2) is 0 Å². The van der Waals surface area contributed by atoms with E-state index >= 15 is 0 Å². The van der Waals surface area contributed by atoms with E-state index in [1.807, 2.05) is 13.0 Å². The van der Waals surface area contributed by atoms with E-state index in [9.17, 15) is 5.11 Å². The number of nitrogens with zero attached hydrogens (tertiary/aromatic N) is 2. The highest BCUT2D eigenvalue weighted by atomic mass is 16.3. The van der Waals surface area contributed by atoms with E-state index in [0.29, 0.717) is 6.04 Å². The lowest BCUT2D eigenvalue weighted by atomic mass is 9.98. The molecule has 2 rings (SSSR count). The molecule has 0 spiro atoms. The van der Waals surface area contributed by atoms with Gasteiger partial charge >= 0.3 is 0 Å². The fraction of sp³-hybridized carbons (Fsp3) is 0.727. The van der Waals surface area contributed by atoms with Crippen LogP contribution in [0, 0.1) is 0 Å². The maximum Gasteiger partial charge on any atom is 0.0667 e. The van der Waals surface area contributed by atoms with Crippen LogP contribution in [0.4, 0.5) is 0 Å². The summed E-state index contributed by atoms with van der Waals surface area (Å²) >= 11 is 0. The van der Waals surface area contributed by atoms with Gasteiger partial charge in [0.05, 0.1) is 6.10 Å². The Hall–Kier alpha value is -0.870. The lowest BCUT2D eigenvalue weighted by Crippen LogP contribution is -2.45. The van der Waals surface area contributed by atoms with Crippen molar-refractivity contribution in [3.8, 4) is 0 Å². The van der Waals surface area contributed by atoms with Gasteiger partial charge < -0.3 is 5.11 Å². The van der Waals surface area contributed by atoms with Crippen molar-refractivity contribution in [2.45, 2.75) is 44.9 Å². The van der Waals surface area contributed by atoms with Crippen molar-refractivity contribution >= 4 is 0 Å². The lowest BCUT2D eigenvalue weighted by Gasteiger charge is -2.37. The molecule has 0 aliphatic carbocycles. The van der Waals surface area contributed by atoms with Crippen LogP contribution in [-0.4, -0.2) is 38.9 Å². The van der Waals surface area contributed by atoms with Gasteiger partial charge in [-0.2, -0.15) is 5.10 Å². The summed E-state index contributed by atoms with van der Waals surface area (Å²) in [6, 6.07) is 2.30. The Labute approximate surface area is 90.3 Å². The van der Waals surface area contributed by atoms with Crippen LogP contribution in [0.1, 0.15) is 31.9 Å². The minimum absolute atomic E-state index is 0.242. The second-order valence-corrected chi connectivity index (χ2v) is 4.36. The van der Waals surface area contributed by atoms with Gasteiger partial charge in [0.1, 0.15) is 0 Å². The molecule has 1 saturated heterocycles. The third-order valence-electron chi connectivity index (χ3n) is 3.15.